The normalized spacial score (nSPS) is 28.9. The van der Waals surface area contributed by atoms with Crippen molar-refractivity contribution in [1.82, 2.24) is 4.90 Å². The molecule has 3 nitrogen and oxygen atoms in total. The monoisotopic (exact) mass is 242 g/mol. The van der Waals surface area contributed by atoms with Gasteiger partial charge in [0.05, 0.1) is 6.10 Å². The van der Waals surface area contributed by atoms with E-state index in [1.165, 1.54) is 0 Å². The van der Waals surface area contributed by atoms with Gasteiger partial charge >= 0.3 is 0 Å². The number of aliphatic hydroxyl groups excluding tert-OH is 1. The van der Waals surface area contributed by atoms with E-state index in [1.54, 1.807) is 0 Å². The summed E-state index contributed by atoms with van der Waals surface area (Å²) in [4.78, 5) is 2.41. The predicted octanol–water partition coefficient (Wildman–Crippen LogP) is 1.84. The summed E-state index contributed by atoms with van der Waals surface area (Å²) in [6.07, 6.45) is 2.88. The Morgan fingerprint density at radius 1 is 1.35 bits per heavy atom. The van der Waals surface area contributed by atoms with Crippen LogP contribution in [0, 0.1) is 11.3 Å². The molecule has 0 bridgehead atoms. The molecule has 0 amide bonds. The zero-order valence-corrected chi connectivity index (χ0v) is 12.1. The average molecular weight is 242 g/mol. The highest BCUT2D eigenvalue weighted by molar-refractivity contribution is 4.91. The van der Waals surface area contributed by atoms with Gasteiger partial charge in [0.25, 0.3) is 0 Å². The predicted molar refractivity (Wildman–Crippen MR) is 72.9 cm³/mol. The first-order valence-corrected chi connectivity index (χ1v) is 6.89. The second-order valence-electron chi connectivity index (χ2n) is 6.81. The average Bonchev–Trinajstić information content (AvgIpc) is 2.13. The molecule has 2 unspecified atom stereocenters. The lowest BCUT2D eigenvalue weighted by molar-refractivity contribution is 0.00585. The fraction of sp³-hybridized carbons (Fsp3) is 1.00. The van der Waals surface area contributed by atoms with Crippen molar-refractivity contribution in [2.24, 2.45) is 17.1 Å². The van der Waals surface area contributed by atoms with Gasteiger partial charge in [0.2, 0.25) is 0 Å². The Kier molecular flexibility index (Phi) is 4.99. The fourth-order valence-electron chi connectivity index (χ4n) is 3.22. The maximum Gasteiger partial charge on any atom is 0.0546 e. The highest BCUT2D eigenvalue weighted by Gasteiger charge is 2.36. The molecule has 1 saturated carbocycles. The highest BCUT2D eigenvalue weighted by atomic mass is 16.3. The summed E-state index contributed by atoms with van der Waals surface area (Å²) in [6, 6.07) is 0.634. The van der Waals surface area contributed by atoms with Crippen molar-refractivity contribution in [3.05, 3.63) is 0 Å². The smallest absolute Gasteiger partial charge is 0.0546 e. The molecule has 1 fully saturated rings. The van der Waals surface area contributed by atoms with E-state index in [9.17, 15) is 5.11 Å². The zero-order valence-electron chi connectivity index (χ0n) is 12.1. The van der Waals surface area contributed by atoms with Crippen molar-refractivity contribution in [2.45, 2.75) is 65.1 Å². The van der Waals surface area contributed by atoms with Crippen LogP contribution in [-0.2, 0) is 0 Å². The lowest BCUT2D eigenvalue weighted by atomic mass is 9.78. The Hall–Kier alpha value is -0.120. The van der Waals surface area contributed by atoms with Crippen molar-refractivity contribution in [3.63, 3.8) is 0 Å². The third-order valence-electron chi connectivity index (χ3n) is 4.00. The molecule has 0 aromatic heterocycles. The number of nitrogens with zero attached hydrogens (tertiary/aromatic N) is 1. The van der Waals surface area contributed by atoms with E-state index in [-0.39, 0.29) is 17.6 Å². The number of likely N-dealkylation sites (N-methyl/N-ethyl adjacent to an activating group) is 1. The summed E-state index contributed by atoms with van der Waals surface area (Å²) < 4.78 is 0. The van der Waals surface area contributed by atoms with E-state index in [2.05, 4.69) is 39.6 Å². The van der Waals surface area contributed by atoms with E-state index in [1.807, 2.05) is 0 Å². The Morgan fingerprint density at radius 3 is 2.24 bits per heavy atom. The van der Waals surface area contributed by atoms with Crippen molar-refractivity contribution < 1.29 is 5.11 Å². The molecule has 1 aliphatic carbocycles. The molecule has 0 aromatic carbocycles. The molecule has 0 saturated heterocycles. The fourth-order valence-corrected chi connectivity index (χ4v) is 3.22. The molecule has 0 heterocycles. The SMILES string of the molecule is CCC(N)C(N(C)CC1CC(O)C1)C(C)(C)C. The second kappa shape index (κ2) is 5.68. The first-order valence-electron chi connectivity index (χ1n) is 6.89. The third kappa shape index (κ3) is 3.94. The molecular weight excluding hydrogens is 212 g/mol. The second-order valence-corrected chi connectivity index (χ2v) is 6.81. The summed E-state index contributed by atoms with van der Waals surface area (Å²) in [5, 5.41) is 9.34. The maximum absolute atomic E-state index is 9.34. The lowest BCUT2D eigenvalue weighted by Gasteiger charge is -2.44. The van der Waals surface area contributed by atoms with E-state index in [4.69, 9.17) is 5.73 Å². The van der Waals surface area contributed by atoms with Gasteiger partial charge in [0.15, 0.2) is 0 Å². The van der Waals surface area contributed by atoms with Crippen LogP contribution in [0.5, 0.6) is 0 Å². The van der Waals surface area contributed by atoms with Crippen molar-refractivity contribution in [2.75, 3.05) is 13.6 Å². The molecule has 3 heteroatoms. The van der Waals surface area contributed by atoms with E-state index < -0.39 is 0 Å². The van der Waals surface area contributed by atoms with E-state index in [0.29, 0.717) is 12.0 Å². The Morgan fingerprint density at radius 2 is 1.88 bits per heavy atom. The first-order chi connectivity index (χ1) is 7.75. The van der Waals surface area contributed by atoms with Gasteiger partial charge in [0.1, 0.15) is 0 Å². The minimum atomic E-state index is -0.0543. The lowest BCUT2D eigenvalue weighted by Crippen LogP contribution is -2.55. The van der Waals surface area contributed by atoms with Gasteiger partial charge in [-0.2, -0.15) is 0 Å². The standard InChI is InChI=1S/C14H30N2O/c1-6-12(15)13(14(2,3)4)16(5)9-10-7-11(17)8-10/h10-13,17H,6-9,15H2,1-5H3. The minimum Gasteiger partial charge on any atom is -0.393 e. The molecule has 17 heavy (non-hydrogen) atoms. The van der Waals surface area contributed by atoms with E-state index >= 15 is 0 Å². The van der Waals surface area contributed by atoms with Crippen LogP contribution < -0.4 is 5.73 Å². The largest absolute Gasteiger partial charge is 0.393 e. The van der Waals surface area contributed by atoms with Gasteiger partial charge in [-0.15, -0.1) is 0 Å². The van der Waals surface area contributed by atoms with Gasteiger partial charge in [0, 0.05) is 18.6 Å². The molecule has 0 spiro atoms. The quantitative estimate of drug-likeness (QED) is 0.773. The highest BCUT2D eigenvalue weighted by Crippen LogP contribution is 2.32. The Bertz CT molecular complexity index is 231. The number of hydrogen-bond donors (Lipinski definition) is 2. The summed E-state index contributed by atoms with van der Waals surface area (Å²) >= 11 is 0. The van der Waals surface area contributed by atoms with Gasteiger partial charge < -0.3 is 15.7 Å². The van der Waals surface area contributed by atoms with Crippen LogP contribution in [0.4, 0.5) is 0 Å². The summed E-state index contributed by atoms with van der Waals surface area (Å²) in [5.41, 5.74) is 6.48. The Balaban J connectivity index is 2.57. The van der Waals surface area contributed by atoms with Crippen LogP contribution in [0.2, 0.25) is 0 Å². The number of hydrogen-bond acceptors (Lipinski definition) is 3. The molecule has 0 aliphatic heterocycles. The molecule has 0 radical (unpaired) electrons. The van der Waals surface area contributed by atoms with Gasteiger partial charge in [-0.05, 0) is 37.6 Å². The van der Waals surface area contributed by atoms with Gasteiger partial charge in [-0.25, -0.2) is 0 Å². The third-order valence-corrected chi connectivity index (χ3v) is 4.00. The molecule has 102 valence electrons. The molecule has 1 aliphatic rings. The van der Waals surface area contributed by atoms with Crippen molar-refractivity contribution in [1.29, 1.82) is 0 Å². The summed E-state index contributed by atoms with van der Waals surface area (Å²) in [7, 11) is 2.18. The first kappa shape index (κ1) is 14.9. The Labute approximate surface area is 106 Å². The van der Waals surface area contributed by atoms with Crippen LogP contribution in [-0.4, -0.2) is 41.8 Å². The zero-order chi connectivity index (χ0) is 13.2. The van der Waals surface area contributed by atoms with Crippen LogP contribution >= 0.6 is 0 Å². The van der Waals surface area contributed by atoms with Crippen LogP contribution in [0.3, 0.4) is 0 Å². The maximum atomic E-state index is 9.34. The number of nitrogens with two attached hydrogens (primary N) is 1. The van der Waals surface area contributed by atoms with Gasteiger partial charge in [-0.1, -0.05) is 27.7 Å². The minimum absolute atomic E-state index is 0.0543. The number of rotatable bonds is 5. The van der Waals surface area contributed by atoms with Gasteiger partial charge in [-0.3, -0.25) is 0 Å². The number of aliphatic hydroxyl groups is 1. The molecule has 0 aromatic rings. The van der Waals surface area contributed by atoms with Crippen LogP contribution in [0.15, 0.2) is 0 Å². The molecule has 3 N–H and O–H groups in total. The molecule has 2 atom stereocenters. The van der Waals surface area contributed by atoms with Crippen molar-refractivity contribution in [3.8, 4) is 0 Å². The van der Waals surface area contributed by atoms with Crippen molar-refractivity contribution >= 4 is 0 Å². The summed E-state index contributed by atoms with van der Waals surface area (Å²) in [5.74, 6) is 0.656. The molecule has 1 rings (SSSR count). The van der Waals surface area contributed by atoms with Crippen LogP contribution in [0.25, 0.3) is 0 Å². The topological polar surface area (TPSA) is 49.5 Å². The summed E-state index contributed by atoms with van der Waals surface area (Å²) in [6.45, 7) is 10.0. The van der Waals surface area contributed by atoms with Crippen LogP contribution in [0.1, 0.15) is 47.0 Å². The molecular formula is C14H30N2O. The van der Waals surface area contributed by atoms with E-state index in [0.717, 1.165) is 25.8 Å².